The molecule has 6 rings (SSSR count). The summed E-state index contributed by atoms with van der Waals surface area (Å²) in [7, 11) is 1.93. The number of thioether (sulfide) groups is 1. The van der Waals surface area contributed by atoms with Crippen molar-refractivity contribution < 1.29 is 9.15 Å². The highest BCUT2D eigenvalue weighted by atomic mass is 32.2. The number of anilines is 1. The lowest BCUT2D eigenvalue weighted by Crippen LogP contribution is -2.16. The summed E-state index contributed by atoms with van der Waals surface area (Å²) >= 11 is 1.85. The highest BCUT2D eigenvalue weighted by Crippen LogP contribution is 2.45. The van der Waals surface area contributed by atoms with Crippen molar-refractivity contribution in [2.75, 3.05) is 31.3 Å². The molecule has 0 radical (unpaired) electrons. The van der Waals surface area contributed by atoms with Gasteiger partial charge in [0.25, 0.3) is 0 Å². The molecule has 0 aromatic carbocycles. The van der Waals surface area contributed by atoms with Gasteiger partial charge in [-0.15, -0.1) is 22.0 Å². The molecular weight excluding hydrogens is 448 g/mol. The van der Waals surface area contributed by atoms with Crippen molar-refractivity contribution in [3.8, 4) is 22.7 Å². The fraction of sp³-hybridized carbons (Fsp3) is 0.440. The average Bonchev–Trinajstić information content (AvgIpc) is 3.61. The van der Waals surface area contributed by atoms with Gasteiger partial charge < -0.3 is 14.5 Å². The minimum Gasteiger partial charge on any atom is -0.421 e. The molecule has 0 saturated carbocycles. The van der Waals surface area contributed by atoms with E-state index in [-0.39, 0.29) is 0 Å². The molecule has 0 amide bonds. The number of aromatic nitrogens is 5. The van der Waals surface area contributed by atoms with Gasteiger partial charge >= 0.3 is 0 Å². The van der Waals surface area contributed by atoms with Crippen molar-refractivity contribution in [3.05, 3.63) is 41.7 Å². The lowest BCUT2D eigenvalue weighted by Gasteiger charge is -2.22. The van der Waals surface area contributed by atoms with Gasteiger partial charge in [-0.1, -0.05) is 6.07 Å². The van der Waals surface area contributed by atoms with E-state index in [1.807, 2.05) is 43.9 Å². The SMILES string of the molecule is CNc1cccc2nc(-c3c4c(nc(CCC5CCOCC5)c3-c3nnc(C)o3)CCS4)cn12. The van der Waals surface area contributed by atoms with E-state index in [9.17, 15) is 0 Å². The number of nitrogens with one attached hydrogen (secondary N) is 1. The molecule has 9 heteroatoms. The Labute approximate surface area is 202 Å². The number of fused-ring (bicyclic) bond motifs is 2. The summed E-state index contributed by atoms with van der Waals surface area (Å²) in [5, 5.41) is 11.8. The quantitative estimate of drug-likeness (QED) is 0.424. The second kappa shape index (κ2) is 9.03. The first kappa shape index (κ1) is 21.6. The highest BCUT2D eigenvalue weighted by Gasteiger charge is 2.30. The maximum atomic E-state index is 6.00. The Bertz CT molecular complexity index is 1340. The van der Waals surface area contributed by atoms with Crippen LogP contribution in [-0.4, -0.2) is 50.6 Å². The van der Waals surface area contributed by atoms with Crippen molar-refractivity contribution in [2.45, 2.75) is 43.9 Å². The van der Waals surface area contributed by atoms with Crippen LogP contribution in [0.3, 0.4) is 0 Å². The zero-order valence-electron chi connectivity index (χ0n) is 19.5. The Balaban J connectivity index is 1.53. The third-order valence-electron chi connectivity index (χ3n) is 6.76. The van der Waals surface area contributed by atoms with Crippen molar-refractivity contribution >= 4 is 23.2 Å². The van der Waals surface area contributed by atoms with Gasteiger partial charge in [0.05, 0.1) is 22.6 Å². The molecule has 0 bridgehead atoms. The molecule has 8 nitrogen and oxygen atoms in total. The molecule has 1 saturated heterocycles. The van der Waals surface area contributed by atoms with Crippen LogP contribution in [0.4, 0.5) is 5.82 Å². The van der Waals surface area contributed by atoms with Crippen LogP contribution in [0.15, 0.2) is 33.7 Å². The number of ether oxygens (including phenoxy) is 1. The van der Waals surface area contributed by atoms with E-state index in [0.29, 0.717) is 17.7 Å². The van der Waals surface area contributed by atoms with E-state index in [1.165, 1.54) is 4.90 Å². The smallest absolute Gasteiger partial charge is 0.250 e. The van der Waals surface area contributed by atoms with Crippen LogP contribution in [0.2, 0.25) is 0 Å². The third kappa shape index (κ3) is 3.86. The molecule has 4 aromatic heterocycles. The monoisotopic (exact) mass is 476 g/mol. The number of aryl methyl sites for hydroxylation is 3. The Morgan fingerprint density at radius 1 is 1.15 bits per heavy atom. The Hall–Kier alpha value is -2.91. The number of rotatable bonds is 6. The molecule has 2 aliphatic heterocycles. The van der Waals surface area contributed by atoms with Crippen molar-refractivity contribution in [1.82, 2.24) is 24.6 Å². The molecule has 0 spiro atoms. The largest absolute Gasteiger partial charge is 0.421 e. The van der Waals surface area contributed by atoms with Crippen molar-refractivity contribution in [2.24, 2.45) is 5.92 Å². The van der Waals surface area contributed by atoms with Gasteiger partial charge in [0.1, 0.15) is 11.5 Å². The summed E-state index contributed by atoms with van der Waals surface area (Å²) in [4.78, 5) is 11.4. The summed E-state index contributed by atoms with van der Waals surface area (Å²) in [6.45, 7) is 3.54. The van der Waals surface area contributed by atoms with Gasteiger partial charge in [0.15, 0.2) is 0 Å². The minimum atomic E-state index is 0.531. The standard InChI is InChI=1S/C25H28N6O2S/c1-15-29-30-25(33-15)23-17(7-6-16-8-11-32-12-9-16)27-18-10-13-34-24(18)22(23)19-14-31-20(26-2)4-3-5-21(31)28-19/h3-5,14,16,26H,6-13H2,1-2H3. The Morgan fingerprint density at radius 2 is 2.03 bits per heavy atom. The van der Waals surface area contributed by atoms with Crippen LogP contribution in [0.5, 0.6) is 0 Å². The number of imidazole rings is 1. The lowest BCUT2D eigenvalue weighted by molar-refractivity contribution is 0.0639. The average molecular weight is 477 g/mol. The summed E-state index contributed by atoms with van der Waals surface area (Å²) in [6, 6.07) is 6.10. The van der Waals surface area contributed by atoms with E-state index in [0.717, 1.165) is 90.7 Å². The molecule has 176 valence electrons. The van der Waals surface area contributed by atoms with Gasteiger partial charge in [0.2, 0.25) is 11.8 Å². The van der Waals surface area contributed by atoms with E-state index in [2.05, 4.69) is 26.1 Å². The van der Waals surface area contributed by atoms with Crippen LogP contribution in [-0.2, 0) is 17.6 Å². The minimum absolute atomic E-state index is 0.531. The number of hydrogen-bond donors (Lipinski definition) is 1. The highest BCUT2D eigenvalue weighted by molar-refractivity contribution is 7.99. The van der Waals surface area contributed by atoms with Gasteiger partial charge in [-0.3, -0.25) is 9.38 Å². The fourth-order valence-corrected chi connectivity index (χ4v) is 6.18. The predicted octanol–water partition coefficient (Wildman–Crippen LogP) is 4.80. The number of hydrogen-bond acceptors (Lipinski definition) is 8. The molecule has 1 N–H and O–H groups in total. The van der Waals surface area contributed by atoms with Gasteiger partial charge in [-0.05, 0) is 43.7 Å². The van der Waals surface area contributed by atoms with Gasteiger partial charge in [-0.2, -0.15) is 0 Å². The summed E-state index contributed by atoms with van der Waals surface area (Å²) in [5.74, 6) is 3.76. The molecule has 0 unspecified atom stereocenters. The van der Waals surface area contributed by atoms with Crippen LogP contribution in [0, 0.1) is 12.8 Å². The predicted molar refractivity (Wildman–Crippen MR) is 132 cm³/mol. The topological polar surface area (TPSA) is 90.4 Å². The molecule has 0 aliphatic carbocycles. The summed E-state index contributed by atoms with van der Waals surface area (Å²) in [6.07, 6.45) is 7.25. The maximum Gasteiger partial charge on any atom is 0.250 e. The summed E-state index contributed by atoms with van der Waals surface area (Å²) < 4.78 is 13.7. The second-order valence-corrected chi connectivity index (χ2v) is 10.0. The summed E-state index contributed by atoms with van der Waals surface area (Å²) in [5.41, 5.74) is 6.02. The van der Waals surface area contributed by atoms with E-state index < -0.39 is 0 Å². The van der Waals surface area contributed by atoms with E-state index in [1.54, 1.807) is 0 Å². The van der Waals surface area contributed by atoms with Crippen LogP contribution >= 0.6 is 11.8 Å². The number of pyridine rings is 2. The van der Waals surface area contributed by atoms with E-state index in [4.69, 9.17) is 19.1 Å². The molecule has 6 heterocycles. The molecule has 2 aliphatic rings. The van der Waals surface area contributed by atoms with Crippen LogP contribution < -0.4 is 5.32 Å². The molecular formula is C25H28N6O2S. The molecule has 34 heavy (non-hydrogen) atoms. The Morgan fingerprint density at radius 3 is 2.82 bits per heavy atom. The first-order valence-electron chi connectivity index (χ1n) is 11.9. The third-order valence-corrected chi connectivity index (χ3v) is 7.89. The second-order valence-electron chi connectivity index (χ2n) is 8.92. The van der Waals surface area contributed by atoms with Gasteiger partial charge in [-0.25, -0.2) is 4.98 Å². The lowest BCUT2D eigenvalue weighted by atomic mass is 9.91. The molecule has 1 fully saturated rings. The zero-order chi connectivity index (χ0) is 23.1. The zero-order valence-corrected chi connectivity index (χ0v) is 20.3. The van der Waals surface area contributed by atoms with Crippen molar-refractivity contribution in [1.29, 1.82) is 0 Å². The Kier molecular flexibility index (Phi) is 5.74. The fourth-order valence-electron chi connectivity index (χ4n) is 5.01. The first-order chi connectivity index (χ1) is 16.7. The molecule has 4 aromatic rings. The first-order valence-corrected chi connectivity index (χ1v) is 12.9. The van der Waals surface area contributed by atoms with Crippen LogP contribution in [0.1, 0.15) is 36.5 Å². The normalized spacial score (nSPS) is 16.3. The van der Waals surface area contributed by atoms with Crippen molar-refractivity contribution in [3.63, 3.8) is 0 Å². The number of nitrogens with zero attached hydrogens (tertiary/aromatic N) is 5. The molecule has 0 atom stereocenters. The van der Waals surface area contributed by atoms with Crippen LogP contribution in [0.25, 0.3) is 28.4 Å². The van der Waals surface area contributed by atoms with E-state index >= 15 is 0 Å². The van der Waals surface area contributed by atoms with Gasteiger partial charge in [0, 0.05) is 56.0 Å². The maximum absolute atomic E-state index is 6.00.